The number of fused-ring (bicyclic) bond motifs is 1. The molecule has 5 atom stereocenters. The van der Waals surface area contributed by atoms with Crippen molar-refractivity contribution in [3.8, 4) is 5.75 Å². The van der Waals surface area contributed by atoms with Gasteiger partial charge in [0.25, 0.3) is 0 Å². The zero-order valence-electron chi connectivity index (χ0n) is 20.7. The van der Waals surface area contributed by atoms with E-state index in [1.165, 1.54) is 0 Å². The smallest absolute Gasteiger partial charge is 0.497 e. The summed E-state index contributed by atoms with van der Waals surface area (Å²) in [5.74, 6) is 0.00820. The minimum atomic E-state index is -1.92. The van der Waals surface area contributed by atoms with Crippen molar-refractivity contribution in [1.29, 1.82) is 0 Å². The van der Waals surface area contributed by atoms with E-state index in [0.717, 1.165) is 29.4 Å². The topological polar surface area (TPSA) is 82.1 Å². The molecule has 3 rings (SSSR count). The van der Waals surface area contributed by atoms with Crippen LogP contribution in [0.2, 0.25) is 18.1 Å². The standard InChI is InChI=1S/C25H38NO6Si/c1-7-33(8-2,9-3)32-18(5)22-23-17(4)20(15-27)14-26(23,24(22)28)25(29)31-16-19-10-12-21(30-6)13-11-19/h10-14,17-18,22-23,27H,7-9,15-16H2,1-6H3/q+1/t17?,18?,22-,23+,26?/m1/s1. The molecule has 0 bridgehead atoms. The highest BCUT2D eigenvalue weighted by molar-refractivity contribution is 6.73. The number of hydrogen-bond donors (Lipinski definition) is 1. The summed E-state index contributed by atoms with van der Waals surface area (Å²) < 4.78 is 16.9. The quantitative estimate of drug-likeness (QED) is 0.302. The number of imide groups is 1. The minimum absolute atomic E-state index is 0.0632. The lowest BCUT2D eigenvalue weighted by atomic mass is 9.75. The molecule has 1 fully saturated rings. The SMILES string of the molecule is CC[Si](CC)(CC)OC(C)[C@H]1C(=O)[N+]2(C(=O)OCc3ccc(OC)cc3)C=C(CO)C(C)[C@@H]12. The summed E-state index contributed by atoms with van der Waals surface area (Å²) in [7, 11) is -0.324. The second kappa shape index (κ2) is 10.1. The Kier molecular flexibility index (Phi) is 7.83. The molecule has 2 aliphatic rings. The zero-order chi connectivity index (χ0) is 24.4. The molecule has 182 valence electrons. The summed E-state index contributed by atoms with van der Waals surface area (Å²) >= 11 is 0. The molecule has 1 aromatic rings. The first-order valence-electron chi connectivity index (χ1n) is 12.0. The van der Waals surface area contributed by atoms with E-state index in [0.29, 0.717) is 5.57 Å². The highest BCUT2D eigenvalue weighted by atomic mass is 28.4. The van der Waals surface area contributed by atoms with Crippen LogP contribution in [0.15, 0.2) is 36.0 Å². The summed E-state index contributed by atoms with van der Waals surface area (Å²) in [5.41, 5.74) is 1.51. The Morgan fingerprint density at radius 1 is 1.15 bits per heavy atom. The number of β-lactam (4-membered cyclic amide) rings is 1. The first-order chi connectivity index (χ1) is 15.7. The Balaban J connectivity index is 1.81. The molecule has 7 nitrogen and oxygen atoms in total. The molecule has 0 aromatic heterocycles. The van der Waals surface area contributed by atoms with Crippen molar-refractivity contribution < 1.29 is 33.1 Å². The third kappa shape index (κ3) is 4.29. The number of quaternary nitrogens is 1. The summed E-state index contributed by atoms with van der Waals surface area (Å²) in [6.45, 7) is 10.3. The number of carbonyl (C=O) groups excluding carboxylic acids is 2. The number of aliphatic hydroxyl groups is 1. The number of hydrogen-bond acceptors (Lipinski definition) is 6. The Labute approximate surface area is 198 Å². The van der Waals surface area contributed by atoms with E-state index >= 15 is 0 Å². The van der Waals surface area contributed by atoms with Gasteiger partial charge in [0.1, 0.15) is 24.6 Å². The lowest BCUT2D eigenvalue weighted by Crippen LogP contribution is -2.76. The van der Waals surface area contributed by atoms with Gasteiger partial charge in [-0.3, -0.25) is 0 Å². The summed E-state index contributed by atoms with van der Waals surface area (Å²) in [5, 5.41) is 9.89. The fraction of sp³-hybridized carbons (Fsp3) is 0.600. The molecule has 2 heterocycles. The number of carbonyl (C=O) groups is 2. The van der Waals surface area contributed by atoms with Gasteiger partial charge in [-0.2, -0.15) is 4.79 Å². The van der Waals surface area contributed by atoms with Crippen molar-refractivity contribution in [2.75, 3.05) is 13.7 Å². The summed E-state index contributed by atoms with van der Waals surface area (Å²) in [6.07, 6.45) is 0.745. The molecular weight excluding hydrogens is 438 g/mol. The molecule has 0 saturated carbocycles. The van der Waals surface area contributed by atoms with Gasteiger partial charge in [-0.1, -0.05) is 39.8 Å². The van der Waals surface area contributed by atoms with Crippen molar-refractivity contribution in [3.63, 3.8) is 0 Å². The van der Waals surface area contributed by atoms with Gasteiger partial charge in [0.05, 0.1) is 19.8 Å². The molecule has 1 N–H and O–H groups in total. The van der Waals surface area contributed by atoms with Crippen LogP contribution in [-0.4, -0.2) is 55.8 Å². The average Bonchev–Trinajstić information content (AvgIpc) is 3.10. The van der Waals surface area contributed by atoms with Crippen molar-refractivity contribution in [1.82, 2.24) is 0 Å². The van der Waals surface area contributed by atoms with Gasteiger partial charge in [0, 0.05) is 11.5 Å². The lowest BCUT2D eigenvalue weighted by Gasteiger charge is -2.49. The Morgan fingerprint density at radius 2 is 1.76 bits per heavy atom. The maximum atomic E-state index is 13.6. The number of ether oxygens (including phenoxy) is 2. The minimum Gasteiger partial charge on any atom is -0.497 e. The summed E-state index contributed by atoms with van der Waals surface area (Å²) in [6, 6.07) is 9.93. The molecular formula is C25H38NO6Si+. The van der Waals surface area contributed by atoms with Gasteiger partial charge in [0.15, 0.2) is 14.2 Å². The van der Waals surface area contributed by atoms with Crippen LogP contribution in [0.4, 0.5) is 4.79 Å². The number of aliphatic hydroxyl groups excluding tert-OH is 1. The molecule has 2 aliphatic heterocycles. The molecule has 33 heavy (non-hydrogen) atoms. The van der Waals surface area contributed by atoms with E-state index in [1.54, 1.807) is 25.4 Å². The van der Waals surface area contributed by atoms with Crippen LogP contribution in [-0.2, 0) is 20.6 Å². The average molecular weight is 477 g/mol. The van der Waals surface area contributed by atoms with E-state index < -0.39 is 24.8 Å². The van der Waals surface area contributed by atoms with E-state index in [1.807, 2.05) is 26.0 Å². The van der Waals surface area contributed by atoms with Crippen LogP contribution < -0.4 is 4.74 Å². The van der Waals surface area contributed by atoms with Crippen molar-refractivity contribution in [2.24, 2.45) is 11.8 Å². The van der Waals surface area contributed by atoms with Crippen molar-refractivity contribution in [3.05, 3.63) is 41.6 Å². The zero-order valence-corrected chi connectivity index (χ0v) is 21.7. The molecule has 0 radical (unpaired) electrons. The number of nitrogens with zero attached hydrogens (tertiary/aromatic N) is 1. The van der Waals surface area contributed by atoms with Crippen LogP contribution in [0.25, 0.3) is 0 Å². The highest BCUT2D eigenvalue weighted by Crippen LogP contribution is 2.51. The summed E-state index contributed by atoms with van der Waals surface area (Å²) in [4.78, 5) is 26.9. The van der Waals surface area contributed by atoms with Gasteiger partial charge >= 0.3 is 12.0 Å². The molecule has 0 aliphatic carbocycles. The molecule has 3 unspecified atom stereocenters. The van der Waals surface area contributed by atoms with E-state index in [9.17, 15) is 14.7 Å². The van der Waals surface area contributed by atoms with Gasteiger partial charge in [-0.15, -0.1) is 4.48 Å². The number of methoxy groups -OCH3 is 1. The lowest BCUT2D eigenvalue weighted by molar-refractivity contribution is -0.798. The van der Waals surface area contributed by atoms with Crippen LogP contribution in [0.1, 0.15) is 40.2 Å². The molecule has 8 heteroatoms. The monoisotopic (exact) mass is 476 g/mol. The number of benzene rings is 1. The normalized spacial score (nSPS) is 27.4. The number of rotatable bonds is 10. The first kappa shape index (κ1) is 25.6. The van der Waals surface area contributed by atoms with Gasteiger partial charge < -0.3 is 19.0 Å². The largest absolute Gasteiger partial charge is 0.529 e. The maximum absolute atomic E-state index is 13.6. The Bertz CT molecular complexity index is 888. The third-order valence-electron chi connectivity index (χ3n) is 7.84. The van der Waals surface area contributed by atoms with E-state index in [2.05, 4.69) is 20.8 Å². The fourth-order valence-corrected chi connectivity index (χ4v) is 8.43. The Morgan fingerprint density at radius 3 is 2.27 bits per heavy atom. The van der Waals surface area contributed by atoms with Crippen molar-refractivity contribution in [2.45, 2.75) is 71.5 Å². The molecule has 2 amide bonds. The molecule has 0 spiro atoms. The first-order valence-corrected chi connectivity index (χ1v) is 14.5. The predicted octanol–water partition coefficient (Wildman–Crippen LogP) is 4.61. The van der Waals surface area contributed by atoms with Crippen LogP contribution in [0.5, 0.6) is 5.75 Å². The van der Waals surface area contributed by atoms with Gasteiger partial charge in [-0.25, -0.2) is 4.79 Å². The second-order valence-electron chi connectivity index (χ2n) is 9.25. The number of amides is 2. The van der Waals surface area contributed by atoms with E-state index in [-0.39, 0.29) is 37.2 Å². The Hall–Kier alpha value is -2.00. The highest BCUT2D eigenvalue weighted by Gasteiger charge is 2.75. The predicted molar refractivity (Wildman–Crippen MR) is 128 cm³/mol. The fourth-order valence-electron chi connectivity index (χ4n) is 5.49. The van der Waals surface area contributed by atoms with Crippen LogP contribution in [0, 0.1) is 11.8 Å². The maximum Gasteiger partial charge on any atom is 0.529 e. The van der Waals surface area contributed by atoms with Crippen LogP contribution in [0.3, 0.4) is 0 Å². The molecule has 1 aromatic carbocycles. The molecule has 1 saturated heterocycles. The van der Waals surface area contributed by atoms with Gasteiger partial charge in [0.2, 0.25) is 0 Å². The van der Waals surface area contributed by atoms with Gasteiger partial charge in [-0.05, 0) is 42.8 Å². The third-order valence-corrected chi connectivity index (χ3v) is 12.6. The van der Waals surface area contributed by atoms with Crippen LogP contribution >= 0.6 is 0 Å². The second-order valence-corrected chi connectivity index (χ2v) is 14.0. The van der Waals surface area contributed by atoms with E-state index in [4.69, 9.17) is 13.9 Å². The van der Waals surface area contributed by atoms with Crippen molar-refractivity contribution >= 4 is 20.3 Å².